The van der Waals surface area contributed by atoms with Crippen molar-refractivity contribution in [2.75, 3.05) is 0 Å². The summed E-state index contributed by atoms with van der Waals surface area (Å²) in [5.74, 6) is -0.249. The van der Waals surface area contributed by atoms with Gasteiger partial charge in [0.15, 0.2) is 0 Å². The topological polar surface area (TPSA) is 46.5 Å². The van der Waals surface area contributed by atoms with Gasteiger partial charge in [-0.05, 0) is 13.3 Å². The first-order chi connectivity index (χ1) is 6.13. The lowest BCUT2D eigenvalue weighted by molar-refractivity contribution is 0.0701. The van der Waals surface area contributed by atoms with Crippen LogP contribution in [0.1, 0.15) is 29.9 Å². The van der Waals surface area contributed by atoms with Crippen LogP contribution in [0.3, 0.4) is 0 Å². The molecule has 0 fully saturated rings. The van der Waals surface area contributed by atoms with E-state index in [1.54, 1.807) is 11.4 Å². The summed E-state index contributed by atoms with van der Waals surface area (Å²) < 4.78 is 5.44. The summed E-state index contributed by atoms with van der Waals surface area (Å²) in [7, 11) is 0. The lowest BCUT2D eigenvalue weighted by Gasteiger charge is -2.09. The van der Waals surface area contributed by atoms with E-state index in [2.05, 4.69) is 0 Å². The van der Waals surface area contributed by atoms with Crippen LogP contribution in [-0.4, -0.2) is 17.2 Å². The molecule has 13 heavy (non-hydrogen) atoms. The molecule has 1 heterocycles. The Morgan fingerprint density at radius 3 is 2.92 bits per heavy atom. The molecule has 0 aromatic carbocycles. The number of rotatable bonds is 4. The van der Waals surface area contributed by atoms with E-state index < -0.39 is 5.97 Å². The number of carboxylic acid groups (broad SMARTS) is 1. The highest BCUT2D eigenvalue weighted by Gasteiger charge is 2.08. The Kier molecular flexibility index (Phi) is 3.31. The van der Waals surface area contributed by atoms with Gasteiger partial charge in [0.1, 0.15) is 10.6 Å². The van der Waals surface area contributed by atoms with Gasteiger partial charge in [0.25, 0.3) is 0 Å². The van der Waals surface area contributed by atoms with Gasteiger partial charge < -0.3 is 9.84 Å². The van der Waals surface area contributed by atoms with E-state index in [1.807, 2.05) is 13.8 Å². The minimum atomic E-state index is -0.899. The normalized spacial score (nSPS) is 12.5. The molecule has 0 aliphatic carbocycles. The Hall–Kier alpha value is -1.03. The van der Waals surface area contributed by atoms with Crippen LogP contribution in [0.4, 0.5) is 0 Å². The molecule has 0 bridgehead atoms. The van der Waals surface area contributed by atoms with Crippen molar-refractivity contribution in [1.29, 1.82) is 0 Å². The molecular weight excluding hydrogens is 188 g/mol. The zero-order valence-electron chi connectivity index (χ0n) is 7.61. The maximum absolute atomic E-state index is 10.5. The summed E-state index contributed by atoms with van der Waals surface area (Å²) >= 11 is 1.19. The smallest absolute Gasteiger partial charge is 0.346 e. The summed E-state index contributed by atoms with van der Waals surface area (Å²) in [5, 5.41) is 10.4. The number of carboxylic acids is 1. The Bertz CT molecular complexity index is 293. The van der Waals surface area contributed by atoms with Gasteiger partial charge in [-0.3, -0.25) is 0 Å². The van der Waals surface area contributed by atoms with E-state index in [-0.39, 0.29) is 6.10 Å². The van der Waals surface area contributed by atoms with Crippen LogP contribution < -0.4 is 4.74 Å². The molecule has 1 atom stereocenters. The highest BCUT2D eigenvalue weighted by molar-refractivity contribution is 7.12. The molecule has 72 valence electrons. The van der Waals surface area contributed by atoms with Gasteiger partial charge in [-0.1, -0.05) is 6.92 Å². The highest BCUT2D eigenvalue weighted by atomic mass is 32.1. The van der Waals surface area contributed by atoms with Crippen molar-refractivity contribution in [1.82, 2.24) is 0 Å². The zero-order valence-corrected chi connectivity index (χ0v) is 8.43. The van der Waals surface area contributed by atoms with E-state index >= 15 is 0 Å². The monoisotopic (exact) mass is 200 g/mol. The van der Waals surface area contributed by atoms with Crippen molar-refractivity contribution in [3.8, 4) is 5.75 Å². The Balaban J connectivity index is 2.64. The van der Waals surface area contributed by atoms with Crippen molar-refractivity contribution in [3.05, 3.63) is 16.3 Å². The van der Waals surface area contributed by atoms with Crippen molar-refractivity contribution in [3.63, 3.8) is 0 Å². The van der Waals surface area contributed by atoms with Gasteiger partial charge in [-0.25, -0.2) is 4.79 Å². The lowest BCUT2D eigenvalue weighted by Crippen LogP contribution is -2.08. The molecule has 0 saturated heterocycles. The Morgan fingerprint density at radius 2 is 2.46 bits per heavy atom. The minimum absolute atomic E-state index is 0.135. The van der Waals surface area contributed by atoms with Crippen LogP contribution >= 0.6 is 11.3 Å². The Labute approximate surface area is 81.0 Å². The first kappa shape index (κ1) is 10.1. The highest BCUT2D eigenvalue weighted by Crippen LogP contribution is 2.22. The molecule has 1 unspecified atom stereocenters. The molecule has 1 aromatic rings. The molecule has 4 heteroatoms. The Morgan fingerprint density at radius 1 is 1.77 bits per heavy atom. The van der Waals surface area contributed by atoms with Crippen molar-refractivity contribution in [2.24, 2.45) is 0 Å². The third-order valence-corrected chi connectivity index (χ3v) is 2.59. The number of carbonyl (C=O) groups is 1. The summed E-state index contributed by atoms with van der Waals surface area (Å²) in [6.45, 7) is 3.98. The molecule has 3 nitrogen and oxygen atoms in total. The second-order valence-electron chi connectivity index (χ2n) is 2.79. The fraction of sp³-hybridized carbons (Fsp3) is 0.444. The SMILES string of the molecule is CCC(C)Oc1csc(C(=O)O)c1. The first-order valence-electron chi connectivity index (χ1n) is 4.12. The molecule has 0 radical (unpaired) electrons. The average molecular weight is 200 g/mol. The van der Waals surface area contributed by atoms with Crippen LogP contribution in [0.15, 0.2) is 11.4 Å². The lowest BCUT2D eigenvalue weighted by atomic mass is 10.3. The van der Waals surface area contributed by atoms with Crippen molar-refractivity contribution >= 4 is 17.3 Å². The largest absolute Gasteiger partial charge is 0.490 e. The van der Waals surface area contributed by atoms with E-state index in [9.17, 15) is 4.79 Å². The molecule has 0 aliphatic heterocycles. The predicted molar refractivity (Wildman–Crippen MR) is 51.7 cm³/mol. The van der Waals surface area contributed by atoms with Crippen molar-refractivity contribution < 1.29 is 14.6 Å². The number of hydrogen-bond donors (Lipinski definition) is 1. The second kappa shape index (κ2) is 4.28. The van der Waals surface area contributed by atoms with Gasteiger partial charge >= 0.3 is 5.97 Å². The third-order valence-electron chi connectivity index (χ3n) is 1.70. The third kappa shape index (κ3) is 2.73. The second-order valence-corrected chi connectivity index (χ2v) is 3.70. The molecule has 0 aliphatic rings. The van der Waals surface area contributed by atoms with Gasteiger partial charge in [-0.15, -0.1) is 11.3 Å². The summed E-state index contributed by atoms with van der Waals surface area (Å²) in [6, 6.07) is 1.55. The molecule has 1 N–H and O–H groups in total. The molecule has 1 aromatic heterocycles. The van der Waals surface area contributed by atoms with Gasteiger partial charge in [0.05, 0.1) is 6.10 Å². The first-order valence-corrected chi connectivity index (χ1v) is 5.00. The molecule has 1 rings (SSSR count). The molecule has 0 spiro atoms. The molecular formula is C9H12O3S. The maximum Gasteiger partial charge on any atom is 0.346 e. The van der Waals surface area contributed by atoms with Crippen LogP contribution in [-0.2, 0) is 0 Å². The standard InChI is InChI=1S/C9H12O3S/c1-3-6(2)12-7-4-8(9(10)11)13-5-7/h4-6H,3H2,1-2H3,(H,10,11). The van der Waals surface area contributed by atoms with E-state index in [0.717, 1.165) is 6.42 Å². The fourth-order valence-corrected chi connectivity index (χ4v) is 1.46. The number of hydrogen-bond acceptors (Lipinski definition) is 3. The minimum Gasteiger partial charge on any atom is -0.490 e. The van der Waals surface area contributed by atoms with Gasteiger partial charge in [0, 0.05) is 11.4 Å². The summed E-state index contributed by atoms with van der Waals surface area (Å²) in [4.78, 5) is 10.8. The van der Waals surface area contributed by atoms with E-state index in [1.165, 1.54) is 11.3 Å². The summed E-state index contributed by atoms with van der Waals surface area (Å²) in [6.07, 6.45) is 1.05. The molecule has 0 amide bonds. The van der Waals surface area contributed by atoms with Crippen LogP contribution in [0.25, 0.3) is 0 Å². The van der Waals surface area contributed by atoms with E-state index in [0.29, 0.717) is 10.6 Å². The number of ether oxygens (including phenoxy) is 1. The number of aromatic carboxylic acids is 1. The average Bonchev–Trinajstić information content (AvgIpc) is 2.52. The zero-order chi connectivity index (χ0) is 9.84. The van der Waals surface area contributed by atoms with Crippen LogP contribution in [0.5, 0.6) is 5.75 Å². The van der Waals surface area contributed by atoms with Crippen LogP contribution in [0, 0.1) is 0 Å². The summed E-state index contributed by atoms with van der Waals surface area (Å²) in [5.41, 5.74) is 0. The predicted octanol–water partition coefficient (Wildman–Crippen LogP) is 2.62. The quantitative estimate of drug-likeness (QED) is 0.812. The molecule has 0 saturated carbocycles. The van der Waals surface area contributed by atoms with Gasteiger partial charge in [-0.2, -0.15) is 0 Å². The fourth-order valence-electron chi connectivity index (χ4n) is 0.808. The van der Waals surface area contributed by atoms with Crippen molar-refractivity contribution in [2.45, 2.75) is 26.4 Å². The maximum atomic E-state index is 10.5. The van der Waals surface area contributed by atoms with E-state index in [4.69, 9.17) is 9.84 Å². The number of thiophene rings is 1. The van der Waals surface area contributed by atoms with Crippen LogP contribution in [0.2, 0.25) is 0 Å². The van der Waals surface area contributed by atoms with Gasteiger partial charge in [0.2, 0.25) is 0 Å².